The van der Waals surface area contributed by atoms with Crippen molar-refractivity contribution in [2.45, 2.75) is 20.5 Å². The first kappa shape index (κ1) is 20.5. The lowest BCUT2D eigenvalue weighted by Crippen LogP contribution is -2.27. The zero-order valence-electron chi connectivity index (χ0n) is 15.8. The normalized spacial score (nSPS) is 15.4. The minimum Gasteiger partial charge on any atom is -0.493 e. The molecule has 0 unspecified atom stereocenters. The van der Waals surface area contributed by atoms with E-state index in [1.54, 1.807) is 26.2 Å². The minimum atomic E-state index is -0.271. The minimum absolute atomic E-state index is 0.247. The number of benzene rings is 2. The fraction of sp³-hybridized carbons (Fsp3) is 0.238. The Morgan fingerprint density at radius 2 is 1.89 bits per heavy atom. The maximum atomic E-state index is 12.3. The summed E-state index contributed by atoms with van der Waals surface area (Å²) in [7, 11) is 1.56. The van der Waals surface area contributed by atoms with Gasteiger partial charge in [-0.15, -0.1) is 0 Å². The van der Waals surface area contributed by atoms with Crippen LogP contribution < -0.4 is 9.47 Å². The second-order valence-electron chi connectivity index (χ2n) is 6.23. The van der Waals surface area contributed by atoms with Gasteiger partial charge in [-0.25, -0.2) is 0 Å². The van der Waals surface area contributed by atoms with Gasteiger partial charge in [-0.2, -0.15) is 0 Å². The highest BCUT2D eigenvalue weighted by atomic mass is 79.9. The summed E-state index contributed by atoms with van der Waals surface area (Å²) in [5.74, 6) is 0.858. The van der Waals surface area contributed by atoms with E-state index in [2.05, 4.69) is 15.9 Å². The number of imide groups is 1. The zero-order chi connectivity index (χ0) is 20.3. The summed E-state index contributed by atoms with van der Waals surface area (Å²) < 4.78 is 12.1. The number of nitrogens with zero attached hydrogens (tertiary/aromatic N) is 1. The molecule has 1 aliphatic rings. The van der Waals surface area contributed by atoms with Gasteiger partial charge in [0.25, 0.3) is 11.1 Å². The number of halogens is 1. The van der Waals surface area contributed by atoms with E-state index in [1.807, 2.05) is 37.3 Å². The third kappa shape index (κ3) is 4.42. The van der Waals surface area contributed by atoms with Crippen LogP contribution in [-0.2, 0) is 11.4 Å². The van der Waals surface area contributed by atoms with Gasteiger partial charge in [0.05, 0.1) is 16.5 Å². The van der Waals surface area contributed by atoms with Gasteiger partial charge in [-0.05, 0) is 70.9 Å². The molecule has 0 aromatic heterocycles. The highest BCUT2D eigenvalue weighted by Crippen LogP contribution is 2.39. The molecule has 1 aliphatic heterocycles. The summed E-state index contributed by atoms with van der Waals surface area (Å²) in [6.07, 6.45) is 1.69. The molecule has 0 spiro atoms. The zero-order valence-corrected chi connectivity index (χ0v) is 18.2. The summed E-state index contributed by atoms with van der Waals surface area (Å²) >= 11 is 4.47. The molecule has 0 saturated carbocycles. The van der Waals surface area contributed by atoms with Crippen molar-refractivity contribution in [2.75, 3.05) is 13.7 Å². The van der Waals surface area contributed by atoms with Crippen molar-refractivity contribution in [1.82, 2.24) is 4.90 Å². The Bertz CT molecular complexity index is 940. The Balaban J connectivity index is 1.83. The first-order valence-electron chi connectivity index (χ1n) is 8.74. The lowest BCUT2D eigenvalue weighted by molar-refractivity contribution is -0.122. The molecular weight excluding hydrogens is 442 g/mol. The monoisotopic (exact) mass is 461 g/mol. The molecule has 1 saturated heterocycles. The number of hydrogen-bond donors (Lipinski definition) is 0. The first-order chi connectivity index (χ1) is 13.4. The second-order valence-corrected chi connectivity index (χ2v) is 8.08. The van der Waals surface area contributed by atoms with Gasteiger partial charge >= 0.3 is 0 Å². The number of amides is 2. The Morgan fingerprint density at radius 1 is 1.18 bits per heavy atom. The molecule has 5 nitrogen and oxygen atoms in total. The van der Waals surface area contributed by atoms with Crippen molar-refractivity contribution in [3.8, 4) is 11.5 Å². The molecule has 2 aromatic rings. The number of thioether (sulfide) groups is 1. The van der Waals surface area contributed by atoms with Crippen LogP contribution in [0.2, 0.25) is 0 Å². The van der Waals surface area contributed by atoms with E-state index in [9.17, 15) is 9.59 Å². The van der Waals surface area contributed by atoms with Crippen LogP contribution >= 0.6 is 27.7 Å². The Labute approximate surface area is 176 Å². The highest BCUT2D eigenvalue weighted by molar-refractivity contribution is 9.10. The Kier molecular flexibility index (Phi) is 6.46. The largest absolute Gasteiger partial charge is 0.493 e. The van der Waals surface area contributed by atoms with E-state index in [4.69, 9.17) is 9.47 Å². The summed E-state index contributed by atoms with van der Waals surface area (Å²) in [6, 6.07) is 11.7. The molecular formula is C21H20BrNO4S. The van der Waals surface area contributed by atoms with E-state index in [0.29, 0.717) is 34.0 Å². The molecule has 1 heterocycles. The van der Waals surface area contributed by atoms with Crippen molar-refractivity contribution < 1.29 is 19.1 Å². The number of carbonyl (C=O) groups excluding carboxylic acids is 2. The van der Waals surface area contributed by atoms with Crippen molar-refractivity contribution in [3.63, 3.8) is 0 Å². The van der Waals surface area contributed by atoms with Crippen LogP contribution in [0.4, 0.5) is 4.79 Å². The second kappa shape index (κ2) is 8.84. The maximum Gasteiger partial charge on any atom is 0.293 e. The standard InChI is InChI=1S/C21H20BrNO4S/c1-4-23-20(24)18(28-21(23)25)11-15-9-16(22)19(17(10-15)26-3)27-12-14-7-5-13(2)6-8-14/h5-11H,4,12H2,1-3H3/b18-11+. The molecule has 1 fully saturated rings. The van der Waals surface area contributed by atoms with E-state index in [0.717, 1.165) is 22.9 Å². The molecule has 0 radical (unpaired) electrons. The van der Waals surface area contributed by atoms with Crippen LogP contribution in [0.5, 0.6) is 11.5 Å². The quantitative estimate of drug-likeness (QED) is 0.538. The lowest BCUT2D eigenvalue weighted by Gasteiger charge is -2.14. The predicted molar refractivity (Wildman–Crippen MR) is 115 cm³/mol. The molecule has 0 N–H and O–H groups in total. The summed E-state index contributed by atoms with van der Waals surface area (Å²) in [6.45, 7) is 4.59. The number of methoxy groups -OCH3 is 1. The molecule has 7 heteroatoms. The van der Waals surface area contributed by atoms with Gasteiger partial charge in [-0.1, -0.05) is 29.8 Å². The van der Waals surface area contributed by atoms with E-state index < -0.39 is 0 Å². The molecule has 2 aromatic carbocycles. The fourth-order valence-corrected chi connectivity index (χ4v) is 4.20. The topological polar surface area (TPSA) is 55.8 Å². The maximum absolute atomic E-state index is 12.3. The summed E-state index contributed by atoms with van der Waals surface area (Å²) in [5.41, 5.74) is 2.99. The number of aryl methyl sites for hydroxylation is 1. The first-order valence-corrected chi connectivity index (χ1v) is 10.3. The van der Waals surface area contributed by atoms with Crippen LogP contribution in [0, 0.1) is 6.92 Å². The fourth-order valence-electron chi connectivity index (χ4n) is 2.73. The van der Waals surface area contributed by atoms with Gasteiger partial charge in [0, 0.05) is 6.54 Å². The summed E-state index contributed by atoms with van der Waals surface area (Å²) in [4.78, 5) is 25.8. The van der Waals surface area contributed by atoms with Crippen molar-refractivity contribution in [2.24, 2.45) is 0 Å². The average Bonchev–Trinajstić information content (AvgIpc) is 2.94. The smallest absolute Gasteiger partial charge is 0.293 e. The van der Waals surface area contributed by atoms with Gasteiger partial charge in [-0.3, -0.25) is 14.5 Å². The average molecular weight is 462 g/mol. The molecule has 2 amide bonds. The molecule has 3 rings (SSSR count). The van der Waals surface area contributed by atoms with Crippen LogP contribution in [0.3, 0.4) is 0 Å². The third-order valence-electron chi connectivity index (χ3n) is 4.24. The van der Waals surface area contributed by atoms with Crippen molar-refractivity contribution in [3.05, 3.63) is 62.5 Å². The molecule has 0 atom stereocenters. The predicted octanol–water partition coefficient (Wildman–Crippen LogP) is 5.40. The van der Waals surface area contributed by atoms with Gasteiger partial charge in [0.2, 0.25) is 0 Å². The van der Waals surface area contributed by atoms with Crippen LogP contribution in [-0.4, -0.2) is 29.7 Å². The molecule has 0 bridgehead atoms. The number of hydrogen-bond acceptors (Lipinski definition) is 5. The number of rotatable bonds is 6. The Hall–Kier alpha value is -2.25. The van der Waals surface area contributed by atoms with Gasteiger partial charge < -0.3 is 9.47 Å². The number of likely N-dealkylation sites (N-methyl/N-ethyl adjacent to an activating group) is 1. The highest BCUT2D eigenvalue weighted by Gasteiger charge is 2.33. The van der Waals surface area contributed by atoms with E-state index in [-0.39, 0.29) is 11.1 Å². The SMILES string of the molecule is CCN1C(=O)S/C(=C/c2cc(Br)c(OCc3ccc(C)cc3)c(OC)c2)C1=O. The Morgan fingerprint density at radius 3 is 2.50 bits per heavy atom. The van der Waals surface area contributed by atoms with Gasteiger partial charge in [0.1, 0.15) is 6.61 Å². The van der Waals surface area contributed by atoms with Crippen LogP contribution in [0.15, 0.2) is 45.8 Å². The van der Waals surface area contributed by atoms with Crippen LogP contribution in [0.25, 0.3) is 6.08 Å². The molecule has 28 heavy (non-hydrogen) atoms. The third-order valence-corrected chi connectivity index (χ3v) is 5.74. The number of carbonyl (C=O) groups is 2. The molecule has 146 valence electrons. The van der Waals surface area contributed by atoms with Crippen LogP contribution in [0.1, 0.15) is 23.6 Å². The number of ether oxygens (including phenoxy) is 2. The summed E-state index contributed by atoms with van der Waals surface area (Å²) in [5, 5.41) is -0.247. The lowest BCUT2D eigenvalue weighted by atomic mass is 10.1. The van der Waals surface area contributed by atoms with E-state index >= 15 is 0 Å². The van der Waals surface area contributed by atoms with E-state index in [1.165, 1.54) is 10.5 Å². The van der Waals surface area contributed by atoms with Gasteiger partial charge in [0.15, 0.2) is 11.5 Å². The van der Waals surface area contributed by atoms with Crippen molar-refractivity contribution >= 4 is 44.9 Å². The van der Waals surface area contributed by atoms with Crippen molar-refractivity contribution in [1.29, 1.82) is 0 Å². The molecule has 0 aliphatic carbocycles.